The number of rotatable bonds is 3. The van der Waals surface area contributed by atoms with E-state index >= 15 is 0 Å². The summed E-state index contributed by atoms with van der Waals surface area (Å²) >= 11 is 5.60. The van der Waals surface area contributed by atoms with Gasteiger partial charge in [-0.2, -0.15) is 13.2 Å². The molecule has 0 N–H and O–H groups in total. The molecule has 110 valence electrons. The lowest BCUT2D eigenvalue weighted by atomic mass is 10.0. The van der Waals surface area contributed by atoms with Gasteiger partial charge in [-0.3, -0.25) is 4.90 Å². The molecule has 5 heteroatoms. The van der Waals surface area contributed by atoms with E-state index in [1.54, 1.807) is 30.3 Å². The van der Waals surface area contributed by atoms with Crippen LogP contribution >= 0.6 is 11.6 Å². The zero-order valence-corrected chi connectivity index (χ0v) is 11.8. The van der Waals surface area contributed by atoms with Crippen molar-refractivity contribution >= 4 is 17.2 Å². The van der Waals surface area contributed by atoms with Gasteiger partial charge in [-0.05, 0) is 37.1 Å². The van der Waals surface area contributed by atoms with E-state index in [1.165, 1.54) is 0 Å². The molecule has 1 aromatic carbocycles. The van der Waals surface area contributed by atoms with Gasteiger partial charge in [0.2, 0.25) is 0 Å². The number of likely N-dealkylation sites (tertiary alicyclic amines) is 1. The van der Waals surface area contributed by atoms with E-state index in [1.807, 2.05) is 4.90 Å². The van der Waals surface area contributed by atoms with E-state index in [9.17, 15) is 13.2 Å². The number of alkyl halides is 3. The molecule has 20 heavy (non-hydrogen) atoms. The number of hydrogen-bond donors (Lipinski definition) is 0. The number of halogens is 4. The zero-order valence-electron chi connectivity index (χ0n) is 11.1. The molecule has 1 aromatic rings. The quantitative estimate of drug-likeness (QED) is 0.783. The summed E-state index contributed by atoms with van der Waals surface area (Å²) in [6.45, 7) is 1.92. The largest absolute Gasteiger partial charge is 0.427 e. The maximum absolute atomic E-state index is 12.9. The number of nitrogens with zero attached hydrogens (tertiary/aromatic N) is 1. The molecule has 1 aliphatic rings. The van der Waals surface area contributed by atoms with Crippen molar-refractivity contribution in [2.45, 2.75) is 25.4 Å². The fraction of sp³-hybridized carbons (Fsp3) is 0.467. The Morgan fingerprint density at radius 2 is 1.65 bits per heavy atom. The first-order valence-electron chi connectivity index (χ1n) is 6.72. The van der Waals surface area contributed by atoms with E-state index in [-0.39, 0.29) is 12.1 Å². The van der Waals surface area contributed by atoms with E-state index in [0.29, 0.717) is 5.56 Å². The summed E-state index contributed by atoms with van der Waals surface area (Å²) in [4.78, 5) is 2.04. The smallest absolute Gasteiger partial charge is 0.299 e. The van der Waals surface area contributed by atoms with Crippen LogP contribution in [-0.2, 0) is 0 Å². The van der Waals surface area contributed by atoms with E-state index < -0.39 is 11.2 Å². The summed E-state index contributed by atoms with van der Waals surface area (Å²) in [5, 5.41) is -1.01. The molecule has 0 unspecified atom stereocenters. The van der Waals surface area contributed by atoms with Gasteiger partial charge in [0.1, 0.15) is 5.03 Å². The lowest BCUT2D eigenvalue weighted by Gasteiger charge is -2.28. The van der Waals surface area contributed by atoms with Gasteiger partial charge in [-0.15, -0.1) is 0 Å². The van der Waals surface area contributed by atoms with Gasteiger partial charge in [0, 0.05) is 6.54 Å². The van der Waals surface area contributed by atoms with Gasteiger partial charge in [0.15, 0.2) is 0 Å². The Labute approximate surface area is 122 Å². The Morgan fingerprint density at radius 1 is 1.05 bits per heavy atom. The maximum Gasteiger partial charge on any atom is 0.427 e. The first-order valence-corrected chi connectivity index (χ1v) is 7.10. The van der Waals surface area contributed by atoms with E-state index in [4.69, 9.17) is 11.6 Å². The molecule has 0 amide bonds. The molecule has 0 spiro atoms. The van der Waals surface area contributed by atoms with Crippen LogP contribution in [-0.4, -0.2) is 30.7 Å². The summed E-state index contributed by atoms with van der Waals surface area (Å²) in [7, 11) is 0. The highest BCUT2D eigenvalue weighted by molar-refractivity contribution is 6.33. The Balaban J connectivity index is 2.29. The molecule has 0 atom stereocenters. The van der Waals surface area contributed by atoms with Crippen molar-refractivity contribution in [1.29, 1.82) is 0 Å². The Bertz CT molecular complexity index is 462. The number of benzene rings is 1. The minimum Gasteiger partial charge on any atom is -0.299 e. The summed E-state index contributed by atoms with van der Waals surface area (Å²) < 4.78 is 38.8. The lowest BCUT2D eigenvalue weighted by Crippen LogP contribution is -2.32. The Kier molecular flexibility index (Phi) is 5.11. The van der Waals surface area contributed by atoms with Gasteiger partial charge < -0.3 is 0 Å². The standard InChI is InChI=1S/C15H17ClF3N/c16-14(15(17,18)19)13(12-7-3-1-4-8-12)11-20-9-5-2-6-10-20/h1,3-4,7-8H,2,5-6,9-11H2/b14-13+. The van der Waals surface area contributed by atoms with Crippen molar-refractivity contribution in [3.05, 3.63) is 40.9 Å². The number of piperidine rings is 1. The summed E-state index contributed by atoms with van der Waals surface area (Å²) in [6, 6.07) is 8.59. The van der Waals surface area contributed by atoms with Crippen LogP contribution in [0.4, 0.5) is 13.2 Å². The minimum absolute atomic E-state index is 0.168. The highest BCUT2D eigenvalue weighted by atomic mass is 35.5. The van der Waals surface area contributed by atoms with Crippen molar-refractivity contribution < 1.29 is 13.2 Å². The molecule has 0 aromatic heterocycles. The van der Waals surface area contributed by atoms with Crippen LogP contribution in [0.15, 0.2) is 35.4 Å². The van der Waals surface area contributed by atoms with Gasteiger partial charge >= 0.3 is 6.18 Å². The van der Waals surface area contributed by atoms with Crippen molar-refractivity contribution in [1.82, 2.24) is 4.90 Å². The average molecular weight is 304 g/mol. The summed E-state index contributed by atoms with van der Waals surface area (Å²) in [5.74, 6) is 0. The van der Waals surface area contributed by atoms with Gasteiger partial charge in [-0.25, -0.2) is 0 Å². The SMILES string of the molecule is FC(F)(F)/C(Cl)=C(/CN1CCCCC1)c1ccccc1. The van der Waals surface area contributed by atoms with E-state index in [0.717, 1.165) is 32.4 Å². The molecule has 1 heterocycles. The first kappa shape index (κ1) is 15.4. The van der Waals surface area contributed by atoms with Crippen molar-refractivity contribution in [3.8, 4) is 0 Å². The van der Waals surface area contributed by atoms with Crippen LogP contribution < -0.4 is 0 Å². The molecule has 0 bridgehead atoms. The second-order valence-electron chi connectivity index (χ2n) is 4.99. The van der Waals surface area contributed by atoms with Crippen LogP contribution in [0.5, 0.6) is 0 Å². The molecule has 0 radical (unpaired) electrons. The molecule has 2 rings (SSSR count). The minimum atomic E-state index is -4.50. The highest BCUT2D eigenvalue weighted by Crippen LogP contribution is 2.35. The predicted molar refractivity (Wildman–Crippen MR) is 75.6 cm³/mol. The third kappa shape index (κ3) is 4.00. The monoisotopic (exact) mass is 303 g/mol. The molecule has 0 aliphatic carbocycles. The normalized spacial score (nSPS) is 18.8. The second kappa shape index (κ2) is 6.64. The van der Waals surface area contributed by atoms with Crippen molar-refractivity contribution in [2.24, 2.45) is 0 Å². The van der Waals surface area contributed by atoms with Crippen LogP contribution in [0.2, 0.25) is 0 Å². The molecule has 1 fully saturated rings. The third-order valence-electron chi connectivity index (χ3n) is 3.47. The second-order valence-corrected chi connectivity index (χ2v) is 5.37. The predicted octanol–water partition coefficient (Wildman–Crippen LogP) is 4.68. The van der Waals surface area contributed by atoms with Crippen molar-refractivity contribution in [3.63, 3.8) is 0 Å². The number of hydrogen-bond acceptors (Lipinski definition) is 1. The fourth-order valence-electron chi connectivity index (χ4n) is 2.44. The maximum atomic E-state index is 12.9. The van der Waals surface area contributed by atoms with Crippen molar-refractivity contribution in [2.75, 3.05) is 19.6 Å². The molecule has 1 nitrogen and oxygen atoms in total. The van der Waals surface area contributed by atoms with Crippen LogP contribution in [0.25, 0.3) is 5.57 Å². The third-order valence-corrected chi connectivity index (χ3v) is 3.91. The molecule has 1 saturated heterocycles. The van der Waals surface area contributed by atoms with Crippen LogP contribution in [0, 0.1) is 0 Å². The Hall–Kier alpha value is -1.00. The fourth-order valence-corrected chi connectivity index (χ4v) is 2.61. The first-order chi connectivity index (χ1) is 9.48. The highest BCUT2D eigenvalue weighted by Gasteiger charge is 2.35. The Morgan fingerprint density at radius 3 is 2.20 bits per heavy atom. The van der Waals surface area contributed by atoms with Crippen LogP contribution in [0.3, 0.4) is 0 Å². The molecule has 0 saturated carbocycles. The van der Waals surface area contributed by atoms with Gasteiger partial charge in [0.05, 0.1) is 0 Å². The molecular weight excluding hydrogens is 287 g/mol. The molecular formula is C15H17ClF3N. The van der Waals surface area contributed by atoms with Gasteiger partial charge in [0.25, 0.3) is 0 Å². The summed E-state index contributed by atoms with van der Waals surface area (Å²) in [6.07, 6.45) is -1.28. The average Bonchev–Trinajstić information content (AvgIpc) is 2.45. The van der Waals surface area contributed by atoms with E-state index in [2.05, 4.69) is 0 Å². The van der Waals surface area contributed by atoms with Crippen LogP contribution in [0.1, 0.15) is 24.8 Å². The number of allylic oxidation sites excluding steroid dienone is 1. The molecule has 1 aliphatic heterocycles. The summed E-state index contributed by atoms with van der Waals surface area (Å²) in [5.41, 5.74) is 0.710. The topological polar surface area (TPSA) is 3.24 Å². The van der Waals surface area contributed by atoms with Gasteiger partial charge in [-0.1, -0.05) is 48.4 Å². The zero-order chi connectivity index (χ0) is 14.6. The lowest BCUT2D eigenvalue weighted by molar-refractivity contribution is -0.0841.